The molecule has 202 valence electrons. The number of carbonyl (C=O) groups excluding carboxylic acids is 2. The van der Waals surface area contributed by atoms with Crippen LogP contribution in [-0.4, -0.2) is 40.6 Å². The molecule has 0 amide bonds. The van der Waals surface area contributed by atoms with E-state index in [1.807, 2.05) is 23.9 Å². The Bertz CT molecular complexity index is 1240. The van der Waals surface area contributed by atoms with E-state index >= 15 is 0 Å². The van der Waals surface area contributed by atoms with E-state index in [1.54, 1.807) is 11.3 Å². The second kappa shape index (κ2) is 11.3. The minimum atomic E-state index is -0.606. The van der Waals surface area contributed by atoms with Crippen LogP contribution in [0.15, 0.2) is 17.0 Å². The molecule has 3 aromatic heterocycles. The first-order chi connectivity index (χ1) is 17.2. The summed E-state index contributed by atoms with van der Waals surface area (Å²) in [6.07, 6.45) is 3.49. The molecule has 0 radical (unpaired) electrons. The number of methoxy groups -OCH3 is 1. The maximum Gasteiger partial charge on any atom is 0.367 e. The van der Waals surface area contributed by atoms with Crippen LogP contribution in [0.5, 0.6) is 0 Å². The van der Waals surface area contributed by atoms with Crippen LogP contribution in [0, 0.1) is 0 Å². The first-order valence-electron chi connectivity index (χ1n) is 12.3. The van der Waals surface area contributed by atoms with Crippen molar-refractivity contribution in [1.82, 2.24) is 15.0 Å². The van der Waals surface area contributed by atoms with E-state index < -0.39 is 17.4 Å². The molecule has 1 unspecified atom stereocenters. The fourth-order valence-corrected chi connectivity index (χ4v) is 6.46. The van der Waals surface area contributed by atoms with Crippen molar-refractivity contribution in [1.29, 1.82) is 0 Å². The molecule has 0 saturated heterocycles. The number of carbonyl (C=O) groups is 2. The summed E-state index contributed by atoms with van der Waals surface area (Å²) in [5.41, 5.74) is 0.691. The number of aromatic nitrogens is 3. The number of ether oxygens (including phenoxy) is 2. The second-order valence-corrected chi connectivity index (χ2v) is 14.3. The molecule has 10 heteroatoms. The van der Waals surface area contributed by atoms with Crippen molar-refractivity contribution in [2.45, 2.75) is 90.4 Å². The quantitative estimate of drug-likeness (QED) is 0.242. The average Bonchev–Trinajstić information content (AvgIpc) is 3.60. The van der Waals surface area contributed by atoms with Crippen LogP contribution >= 0.6 is 34.0 Å². The van der Waals surface area contributed by atoms with Gasteiger partial charge in [-0.3, -0.25) is 0 Å². The van der Waals surface area contributed by atoms with E-state index in [-0.39, 0.29) is 22.4 Å². The van der Waals surface area contributed by atoms with Crippen molar-refractivity contribution in [3.05, 3.63) is 48.2 Å². The standard InChI is InChI=1S/C27H37N3O4S3/c1-16(2)20-28-12-19(37-20)26(6,7)10-11-27(8,18-14-36-21(30-18)23(31)33-9)15-34-24(32)22-29-17(13-35-22)25(3,4)5/h12-14,16H,10-11,15H2,1-9H3. The maximum absolute atomic E-state index is 12.9. The van der Waals surface area contributed by atoms with Crippen LogP contribution in [-0.2, 0) is 25.7 Å². The van der Waals surface area contributed by atoms with Gasteiger partial charge in [0.25, 0.3) is 0 Å². The number of thiazole rings is 3. The molecule has 0 bridgehead atoms. The highest BCUT2D eigenvalue weighted by molar-refractivity contribution is 7.12. The first-order valence-corrected chi connectivity index (χ1v) is 14.9. The monoisotopic (exact) mass is 563 g/mol. The lowest BCUT2D eigenvalue weighted by molar-refractivity contribution is 0.0393. The lowest BCUT2D eigenvalue weighted by Gasteiger charge is -2.32. The Morgan fingerprint density at radius 1 is 0.919 bits per heavy atom. The molecule has 3 aromatic rings. The van der Waals surface area contributed by atoms with Crippen LogP contribution in [0.3, 0.4) is 0 Å². The molecule has 1 atom stereocenters. The van der Waals surface area contributed by atoms with Crippen molar-refractivity contribution in [3.63, 3.8) is 0 Å². The summed E-state index contributed by atoms with van der Waals surface area (Å²) in [5, 5.41) is 5.51. The molecule has 0 spiro atoms. The molecule has 3 rings (SSSR count). The van der Waals surface area contributed by atoms with Crippen LogP contribution < -0.4 is 0 Å². The zero-order chi connectivity index (χ0) is 27.6. The molecular weight excluding hydrogens is 527 g/mol. The van der Waals surface area contributed by atoms with E-state index in [9.17, 15) is 9.59 Å². The van der Waals surface area contributed by atoms with E-state index in [4.69, 9.17) is 9.47 Å². The topological polar surface area (TPSA) is 91.3 Å². The van der Waals surface area contributed by atoms with E-state index in [1.165, 1.54) is 34.7 Å². The van der Waals surface area contributed by atoms with Gasteiger partial charge in [-0.1, -0.05) is 55.4 Å². The molecule has 0 saturated carbocycles. The summed E-state index contributed by atoms with van der Waals surface area (Å²) in [4.78, 5) is 39.9. The third kappa shape index (κ3) is 7.03. The van der Waals surface area contributed by atoms with Gasteiger partial charge in [0.1, 0.15) is 6.61 Å². The zero-order valence-electron chi connectivity index (χ0n) is 23.1. The predicted molar refractivity (Wildman–Crippen MR) is 150 cm³/mol. The SMILES string of the molecule is COC(=O)c1nc(C(C)(CCC(C)(C)c2cnc(C(C)C)s2)COC(=O)c2nc(C(C)(C)C)cs2)cs1. The Kier molecular flexibility index (Phi) is 8.97. The van der Waals surface area contributed by atoms with Crippen LogP contribution in [0.25, 0.3) is 0 Å². The minimum Gasteiger partial charge on any atom is -0.464 e. The van der Waals surface area contributed by atoms with Crippen molar-refractivity contribution >= 4 is 45.9 Å². The molecule has 0 aromatic carbocycles. The van der Waals surface area contributed by atoms with Crippen LogP contribution in [0.1, 0.15) is 115 Å². The van der Waals surface area contributed by atoms with Gasteiger partial charge in [-0.2, -0.15) is 0 Å². The molecule has 0 fully saturated rings. The Morgan fingerprint density at radius 3 is 2.05 bits per heavy atom. The minimum absolute atomic E-state index is 0.122. The zero-order valence-corrected chi connectivity index (χ0v) is 25.6. The van der Waals surface area contributed by atoms with Gasteiger partial charge in [-0.25, -0.2) is 24.5 Å². The predicted octanol–water partition coefficient (Wildman–Crippen LogP) is 7.14. The van der Waals surface area contributed by atoms with Crippen molar-refractivity contribution in [2.75, 3.05) is 13.7 Å². The van der Waals surface area contributed by atoms with E-state index in [2.05, 4.69) is 63.4 Å². The number of esters is 2. The van der Waals surface area contributed by atoms with Crippen molar-refractivity contribution in [3.8, 4) is 0 Å². The number of hydrogen-bond acceptors (Lipinski definition) is 10. The highest BCUT2D eigenvalue weighted by atomic mass is 32.1. The summed E-state index contributed by atoms with van der Waals surface area (Å²) < 4.78 is 10.7. The van der Waals surface area contributed by atoms with Crippen LogP contribution in [0.4, 0.5) is 0 Å². The molecule has 7 nitrogen and oxygen atoms in total. The largest absolute Gasteiger partial charge is 0.464 e. The van der Waals surface area contributed by atoms with Crippen molar-refractivity contribution in [2.24, 2.45) is 0 Å². The summed E-state index contributed by atoms with van der Waals surface area (Å²) in [7, 11) is 1.34. The summed E-state index contributed by atoms with van der Waals surface area (Å²) in [5.74, 6) is -0.534. The van der Waals surface area contributed by atoms with Gasteiger partial charge in [-0.05, 0) is 12.8 Å². The van der Waals surface area contributed by atoms with E-state index in [0.717, 1.165) is 17.1 Å². The molecule has 0 aliphatic heterocycles. The molecule has 37 heavy (non-hydrogen) atoms. The fraction of sp³-hybridized carbons (Fsp3) is 0.593. The summed E-state index contributed by atoms with van der Waals surface area (Å²) in [6.45, 7) is 17.0. The highest BCUT2D eigenvalue weighted by Gasteiger charge is 2.36. The normalized spacial score (nSPS) is 14.0. The molecule has 3 heterocycles. The van der Waals surface area contributed by atoms with Crippen LogP contribution in [0.2, 0.25) is 0 Å². The van der Waals surface area contributed by atoms with Gasteiger partial charge < -0.3 is 9.47 Å². The smallest absolute Gasteiger partial charge is 0.367 e. The molecule has 0 aliphatic rings. The lowest BCUT2D eigenvalue weighted by Crippen LogP contribution is -2.33. The Morgan fingerprint density at radius 2 is 1.51 bits per heavy atom. The molecule has 0 aliphatic carbocycles. The van der Waals surface area contributed by atoms with Gasteiger partial charge in [-0.15, -0.1) is 34.0 Å². The highest BCUT2D eigenvalue weighted by Crippen LogP contribution is 2.39. The van der Waals surface area contributed by atoms with Crippen molar-refractivity contribution < 1.29 is 19.1 Å². The summed E-state index contributed by atoms with van der Waals surface area (Å²) >= 11 is 4.28. The van der Waals surface area contributed by atoms with Gasteiger partial charge in [0.05, 0.1) is 23.5 Å². The third-order valence-electron chi connectivity index (χ3n) is 6.44. The Balaban J connectivity index is 1.82. The number of hydrogen-bond donors (Lipinski definition) is 0. The summed E-state index contributed by atoms with van der Waals surface area (Å²) in [6, 6.07) is 0. The lowest BCUT2D eigenvalue weighted by atomic mass is 9.76. The van der Waals surface area contributed by atoms with Gasteiger partial charge in [0, 0.05) is 44.0 Å². The third-order valence-corrected chi connectivity index (χ3v) is 9.75. The Labute approximate surface area is 231 Å². The number of rotatable bonds is 10. The molecule has 0 N–H and O–H groups in total. The van der Waals surface area contributed by atoms with Gasteiger partial charge in [0.15, 0.2) is 0 Å². The number of nitrogens with zero attached hydrogens (tertiary/aromatic N) is 3. The van der Waals surface area contributed by atoms with Gasteiger partial charge in [0.2, 0.25) is 10.0 Å². The fourth-order valence-electron chi connectivity index (χ4n) is 3.58. The van der Waals surface area contributed by atoms with Gasteiger partial charge >= 0.3 is 11.9 Å². The Hall–Kier alpha value is -2.17. The average molecular weight is 564 g/mol. The maximum atomic E-state index is 12.9. The first kappa shape index (κ1) is 29.4. The second-order valence-electron chi connectivity index (χ2n) is 11.6. The van der Waals surface area contributed by atoms with E-state index in [0.29, 0.717) is 23.0 Å². The molecular formula is C27H37N3O4S3.